The highest BCUT2D eigenvalue weighted by Crippen LogP contribution is 2.26. The van der Waals surface area contributed by atoms with Crippen molar-refractivity contribution < 1.29 is 17.9 Å². The summed E-state index contributed by atoms with van der Waals surface area (Å²) in [5, 5.41) is 0. The van der Waals surface area contributed by atoms with Crippen LogP contribution in [-0.4, -0.2) is 0 Å². The highest BCUT2D eigenvalue weighted by molar-refractivity contribution is 9.10. The minimum atomic E-state index is -0.754. The maximum absolute atomic E-state index is 13.7. The predicted octanol–water partition coefficient (Wildman–Crippen LogP) is 5.21. The standard InChI is InChI=1S/C13H7Br2F3O/c14-7-1-3-11(17)12(5-7)19-6-8-10(16)4-2-9(15)13(8)18/h1-5H,6H2. The Morgan fingerprint density at radius 3 is 2.37 bits per heavy atom. The monoisotopic (exact) mass is 394 g/mol. The van der Waals surface area contributed by atoms with E-state index >= 15 is 0 Å². The lowest BCUT2D eigenvalue weighted by atomic mass is 10.2. The van der Waals surface area contributed by atoms with E-state index in [2.05, 4.69) is 31.9 Å². The molecular formula is C13H7Br2F3O. The molecule has 0 saturated heterocycles. The molecule has 0 aromatic heterocycles. The Morgan fingerprint density at radius 2 is 1.63 bits per heavy atom. The van der Waals surface area contributed by atoms with Crippen LogP contribution in [0.3, 0.4) is 0 Å². The number of hydrogen-bond donors (Lipinski definition) is 0. The van der Waals surface area contributed by atoms with E-state index in [0.717, 1.165) is 6.07 Å². The van der Waals surface area contributed by atoms with E-state index in [1.165, 1.54) is 24.3 Å². The number of rotatable bonds is 3. The van der Waals surface area contributed by atoms with Crippen LogP contribution in [0.15, 0.2) is 39.3 Å². The van der Waals surface area contributed by atoms with E-state index in [-0.39, 0.29) is 15.8 Å². The van der Waals surface area contributed by atoms with E-state index in [0.29, 0.717) is 4.47 Å². The first-order chi connectivity index (χ1) is 8.99. The van der Waals surface area contributed by atoms with E-state index in [1.807, 2.05) is 0 Å². The summed E-state index contributed by atoms with van der Waals surface area (Å²) in [4.78, 5) is 0. The third-order valence-electron chi connectivity index (χ3n) is 2.40. The first-order valence-electron chi connectivity index (χ1n) is 5.19. The topological polar surface area (TPSA) is 9.23 Å². The predicted molar refractivity (Wildman–Crippen MR) is 72.5 cm³/mol. The van der Waals surface area contributed by atoms with Crippen LogP contribution in [0.25, 0.3) is 0 Å². The van der Waals surface area contributed by atoms with Gasteiger partial charge in [-0.3, -0.25) is 0 Å². The van der Waals surface area contributed by atoms with E-state index in [1.54, 1.807) is 0 Å². The molecule has 0 heterocycles. The van der Waals surface area contributed by atoms with Crippen molar-refractivity contribution in [2.24, 2.45) is 0 Å². The molecule has 0 radical (unpaired) electrons. The van der Waals surface area contributed by atoms with Gasteiger partial charge in [-0.25, -0.2) is 13.2 Å². The average molecular weight is 396 g/mol. The van der Waals surface area contributed by atoms with Gasteiger partial charge in [-0.2, -0.15) is 0 Å². The molecule has 6 heteroatoms. The molecule has 100 valence electrons. The summed E-state index contributed by atoms with van der Waals surface area (Å²) in [7, 11) is 0. The van der Waals surface area contributed by atoms with Gasteiger partial charge < -0.3 is 4.74 Å². The summed E-state index contributed by atoms with van der Waals surface area (Å²) in [6.07, 6.45) is 0. The van der Waals surface area contributed by atoms with Gasteiger partial charge in [0.2, 0.25) is 0 Å². The maximum atomic E-state index is 13.7. The van der Waals surface area contributed by atoms with Gasteiger partial charge in [0.05, 0.1) is 10.0 Å². The highest BCUT2D eigenvalue weighted by Gasteiger charge is 2.14. The third kappa shape index (κ3) is 3.30. The van der Waals surface area contributed by atoms with Gasteiger partial charge in [-0.05, 0) is 46.3 Å². The fraction of sp³-hybridized carbons (Fsp3) is 0.0769. The Hall–Kier alpha value is -1.01. The van der Waals surface area contributed by atoms with Crippen LogP contribution in [0, 0.1) is 17.5 Å². The van der Waals surface area contributed by atoms with Gasteiger partial charge >= 0.3 is 0 Å². The molecule has 0 spiro atoms. The molecule has 0 saturated carbocycles. The summed E-state index contributed by atoms with van der Waals surface area (Å²) in [6.45, 7) is -0.398. The summed E-state index contributed by atoms with van der Waals surface area (Å²) in [6, 6.07) is 6.47. The Balaban J connectivity index is 2.24. The van der Waals surface area contributed by atoms with Crippen LogP contribution >= 0.6 is 31.9 Å². The van der Waals surface area contributed by atoms with Crippen molar-refractivity contribution in [1.29, 1.82) is 0 Å². The summed E-state index contributed by atoms with van der Waals surface area (Å²) in [5.41, 5.74) is -0.256. The molecule has 19 heavy (non-hydrogen) atoms. The van der Waals surface area contributed by atoms with Gasteiger partial charge in [-0.1, -0.05) is 15.9 Å². The lowest BCUT2D eigenvalue weighted by Gasteiger charge is -2.10. The minimum absolute atomic E-state index is 0.0758. The van der Waals surface area contributed by atoms with Crippen LogP contribution in [-0.2, 0) is 6.61 Å². The van der Waals surface area contributed by atoms with Crippen molar-refractivity contribution in [3.8, 4) is 5.75 Å². The first kappa shape index (κ1) is 14.4. The van der Waals surface area contributed by atoms with Crippen LogP contribution in [0.4, 0.5) is 13.2 Å². The number of halogens is 5. The van der Waals surface area contributed by atoms with Gasteiger partial charge in [0, 0.05) is 4.47 Å². The molecule has 0 aliphatic rings. The molecule has 0 bridgehead atoms. The highest BCUT2D eigenvalue weighted by atomic mass is 79.9. The Labute approximate surface area is 124 Å². The van der Waals surface area contributed by atoms with Crippen molar-refractivity contribution >= 4 is 31.9 Å². The van der Waals surface area contributed by atoms with Gasteiger partial charge in [-0.15, -0.1) is 0 Å². The van der Waals surface area contributed by atoms with E-state index < -0.39 is 24.1 Å². The maximum Gasteiger partial charge on any atom is 0.165 e. The average Bonchev–Trinajstić information content (AvgIpc) is 2.38. The molecule has 2 rings (SSSR count). The molecule has 0 atom stereocenters. The van der Waals surface area contributed by atoms with Crippen LogP contribution in [0.5, 0.6) is 5.75 Å². The number of benzene rings is 2. The summed E-state index contributed by atoms with van der Waals surface area (Å²) < 4.78 is 46.4. The lowest BCUT2D eigenvalue weighted by molar-refractivity contribution is 0.278. The molecule has 0 aliphatic carbocycles. The van der Waals surface area contributed by atoms with Gasteiger partial charge in [0.1, 0.15) is 18.2 Å². The minimum Gasteiger partial charge on any atom is -0.486 e. The second-order valence-electron chi connectivity index (χ2n) is 3.69. The molecule has 1 nitrogen and oxygen atoms in total. The second kappa shape index (κ2) is 5.96. The summed E-state index contributed by atoms with van der Waals surface area (Å²) >= 11 is 6.11. The van der Waals surface area contributed by atoms with E-state index in [9.17, 15) is 13.2 Å². The Kier molecular flexibility index (Phi) is 4.52. The van der Waals surface area contributed by atoms with Crippen molar-refractivity contribution in [2.45, 2.75) is 6.61 Å². The second-order valence-corrected chi connectivity index (χ2v) is 5.46. The molecule has 2 aromatic carbocycles. The number of ether oxygens (including phenoxy) is 1. The molecular weight excluding hydrogens is 389 g/mol. The van der Waals surface area contributed by atoms with Crippen molar-refractivity contribution in [3.05, 3.63) is 62.3 Å². The number of hydrogen-bond acceptors (Lipinski definition) is 1. The molecule has 0 amide bonds. The molecule has 0 aliphatic heterocycles. The van der Waals surface area contributed by atoms with Crippen LogP contribution < -0.4 is 4.74 Å². The first-order valence-corrected chi connectivity index (χ1v) is 6.78. The Bertz CT molecular complexity index is 617. The van der Waals surface area contributed by atoms with Crippen LogP contribution in [0.1, 0.15) is 5.56 Å². The zero-order valence-electron chi connectivity index (χ0n) is 9.39. The largest absolute Gasteiger partial charge is 0.486 e. The summed E-state index contributed by atoms with van der Waals surface area (Å²) in [5.74, 6) is -2.17. The van der Waals surface area contributed by atoms with Crippen molar-refractivity contribution in [2.75, 3.05) is 0 Å². The zero-order chi connectivity index (χ0) is 14.0. The van der Waals surface area contributed by atoms with Gasteiger partial charge in [0.25, 0.3) is 0 Å². The van der Waals surface area contributed by atoms with Crippen LogP contribution in [0.2, 0.25) is 0 Å². The fourth-order valence-corrected chi connectivity index (χ4v) is 2.15. The molecule has 0 fully saturated rings. The van der Waals surface area contributed by atoms with Crippen molar-refractivity contribution in [1.82, 2.24) is 0 Å². The Morgan fingerprint density at radius 1 is 0.947 bits per heavy atom. The third-order valence-corrected chi connectivity index (χ3v) is 3.51. The smallest absolute Gasteiger partial charge is 0.165 e. The molecule has 2 aromatic rings. The van der Waals surface area contributed by atoms with Crippen molar-refractivity contribution in [3.63, 3.8) is 0 Å². The van der Waals surface area contributed by atoms with E-state index in [4.69, 9.17) is 4.74 Å². The SMILES string of the molecule is Fc1ccc(Br)cc1OCc1c(F)ccc(Br)c1F. The normalized spacial score (nSPS) is 10.6. The van der Waals surface area contributed by atoms with Gasteiger partial charge in [0.15, 0.2) is 11.6 Å². The lowest BCUT2D eigenvalue weighted by Crippen LogP contribution is -2.03. The quantitative estimate of drug-likeness (QED) is 0.648. The molecule has 0 N–H and O–H groups in total. The zero-order valence-corrected chi connectivity index (χ0v) is 12.6. The fourth-order valence-electron chi connectivity index (χ4n) is 1.44. The molecule has 0 unspecified atom stereocenters.